The molecule has 0 heterocycles. The van der Waals surface area contributed by atoms with E-state index in [4.69, 9.17) is 0 Å². The van der Waals surface area contributed by atoms with Crippen LogP contribution in [-0.2, 0) is 6.42 Å². The molecular weight excluding hydrogens is 288 g/mol. The van der Waals surface area contributed by atoms with Crippen molar-refractivity contribution in [2.75, 3.05) is 0 Å². The molecule has 0 saturated carbocycles. The molecular formula is C15H15BrN2. The van der Waals surface area contributed by atoms with Crippen molar-refractivity contribution >= 4 is 28.4 Å². The molecule has 0 fully saturated rings. The van der Waals surface area contributed by atoms with E-state index in [2.05, 4.69) is 16.8 Å². The smallest absolute Gasteiger partial charge is 0.0892 e. The van der Waals surface area contributed by atoms with E-state index in [0.29, 0.717) is 0 Å². The van der Waals surface area contributed by atoms with Gasteiger partial charge in [-0.25, -0.2) is 0 Å². The summed E-state index contributed by atoms with van der Waals surface area (Å²) in [7, 11) is 0. The SMILES string of the molecule is Br.C=CCc1ccccc1N=Nc1ccccc1. The Morgan fingerprint density at radius 1 is 0.889 bits per heavy atom. The number of hydrogen-bond acceptors (Lipinski definition) is 2. The van der Waals surface area contributed by atoms with Crippen molar-refractivity contribution < 1.29 is 0 Å². The summed E-state index contributed by atoms with van der Waals surface area (Å²) >= 11 is 0. The quantitative estimate of drug-likeness (QED) is 0.533. The number of azo groups is 1. The lowest BCUT2D eigenvalue weighted by Gasteiger charge is -2.00. The zero-order valence-corrected chi connectivity index (χ0v) is 11.7. The first-order chi connectivity index (χ1) is 8.40. The summed E-state index contributed by atoms with van der Waals surface area (Å²) in [4.78, 5) is 0. The second-order valence-corrected chi connectivity index (χ2v) is 3.66. The molecule has 0 saturated heterocycles. The van der Waals surface area contributed by atoms with Gasteiger partial charge in [-0.2, -0.15) is 10.2 Å². The maximum Gasteiger partial charge on any atom is 0.0892 e. The molecule has 2 nitrogen and oxygen atoms in total. The summed E-state index contributed by atoms with van der Waals surface area (Å²) in [6.07, 6.45) is 2.68. The first-order valence-corrected chi connectivity index (χ1v) is 5.56. The lowest BCUT2D eigenvalue weighted by atomic mass is 10.1. The van der Waals surface area contributed by atoms with E-state index in [0.717, 1.165) is 23.4 Å². The molecule has 0 N–H and O–H groups in total. The van der Waals surface area contributed by atoms with Crippen LogP contribution in [0.3, 0.4) is 0 Å². The van der Waals surface area contributed by atoms with E-state index in [9.17, 15) is 0 Å². The van der Waals surface area contributed by atoms with Gasteiger partial charge in [-0.3, -0.25) is 0 Å². The number of halogens is 1. The van der Waals surface area contributed by atoms with Crippen molar-refractivity contribution in [2.24, 2.45) is 10.2 Å². The first-order valence-electron chi connectivity index (χ1n) is 5.56. The van der Waals surface area contributed by atoms with Crippen LogP contribution in [0.5, 0.6) is 0 Å². The van der Waals surface area contributed by atoms with Crippen LogP contribution in [0.15, 0.2) is 77.5 Å². The molecule has 0 aliphatic rings. The molecule has 2 aromatic carbocycles. The van der Waals surface area contributed by atoms with Crippen LogP contribution < -0.4 is 0 Å². The van der Waals surface area contributed by atoms with Crippen LogP contribution in [-0.4, -0.2) is 0 Å². The van der Waals surface area contributed by atoms with Crippen LogP contribution in [0.25, 0.3) is 0 Å². The van der Waals surface area contributed by atoms with Gasteiger partial charge in [0.2, 0.25) is 0 Å². The van der Waals surface area contributed by atoms with E-state index in [1.807, 2.05) is 60.7 Å². The van der Waals surface area contributed by atoms with Gasteiger partial charge in [0.05, 0.1) is 11.4 Å². The third-order valence-electron chi connectivity index (χ3n) is 2.39. The van der Waals surface area contributed by atoms with Gasteiger partial charge < -0.3 is 0 Å². The topological polar surface area (TPSA) is 24.7 Å². The molecule has 0 atom stereocenters. The zero-order valence-electron chi connectivity index (χ0n) is 9.99. The summed E-state index contributed by atoms with van der Waals surface area (Å²) in [6.45, 7) is 3.74. The fraction of sp³-hybridized carbons (Fsp3) is 0.0667. The molecule has 0 radical (unpaired) electrons. The highest BCUT2D eigenvalue weighted by Crippen LogP contribution is 2.22. The van der Waals surface area contributed by atoms with Crippen LogP contribution >= 0.6 is 17.0 Å². The maximum absolute atomic E-state index is 4.27. The summed E-state index contributed by atoms with van der Waals surface area (Å²) in [5.41, 5.74) is 2.90. The fourth-order valence-corrected chi connectivity index (χ4v) is 1.54. The van der Waals surface area contributed by atoms with Crippen LogP contribution in [0.4, 0.5) is 11.4 Å². The Labute approximate surface area is 118 Å². The first kappa shape index (κ1) is 14.3. The minimum absolute atomic E-state index is 0. The van der Waals surface area contributed by atoms with Gasteiger partial charge in [0.15, 0.2) is 0 Å². The monoisotopic (exact) mass is 302 g/mol. The second-order valence-electron chi connectivity index (χ2n) is 3.66. The third-order valence-corrected chi connectivity index (χ3v) is 2.39. The summed E-state index contributed by atoms with van der Waals surface area (Å²) in [5.74, 6) is 0. The van der Waals surface area contributed by atoms with E-state index in [-0.39, 0.29) is 17.0 Å². The van der Waals surface area contributed by atoms with Crippen LogP contribution in [0.1, 0.15) is 5.56 Å². The molecule has 0 aliphatic heterocycles. The van der Waals surface area contributed by atoms with Gasteiger partial charge in [-0.15, -0.1) is 23.6 Å². The van der Waals surface area contributed by atoms with E-state index in [1.165, 1.54) is 0 Å². The maximum atomic E-state index is 4.27. The Morgan fingerprint density at radius 3 is 2.28 bits per heavy atom. The van der Waals surface area contributed by atoms with E-state index in [1.54, 1.807) is 0 Å². The van der Waals surface area contributed by atoms with Crippen molar-refractivity contribution in [3.8, 4) is 0 Å². The average molecular weight is 303 g/mol. The van der Waals surface area contributed by atoms with Crippen molar-refractivity contribution in [3.05, 3.63) is 72.8 Å². The molecule has 18 heavy (non-hydrogen) atoms. The molecule has 3 heteroatoms. The van der Waals surface area contributed by atoms with Crippen molar-refractivity contribution in [2.45, 2.75) is 6.42 Å². The Kier molecular flexibility index (Phi) is 6.01. The molecule has 2 aromatic rings. The predicted octanol–water partition coefficient (Wildman–Crippen LogP) is 5.41. The number of rotatable bonds is 4. The highest BCUT2D eigenvalue weighted by atomic mass is 79.9. The molecule has 0 aliphatic carbocycles. The lowest BCUT2D eigenvalue weighted by molar-refractivity contribution is 1.17. The van der Waals surface area contributed by atoms with Gasteiger partial charge in [0, 0.05) is 0 Å². The summed E-state index contributed by atoms with van der Waals surface area (Å²) in [5, 5.41) is 8.48. The molecule has 92 valence electrons. The van der Waals surface area contributed by atoms with Gasteiger partial charge in [0.25, 0.3) is 0 Å². The Balaban J connectivity index is 0.00000162. The normalized spacial score (nSPS) is 10.0. The Bertz CT molecular complexity index is 521. The minimum Gasteiger partial charge on any atom is -0.151 e. The third kappa shape index (κ3) is 3.93. The molecule has 0 bridgehead atoms. The fourth-order valence-electron chi connectivity index (χ4n) is 1.54. The molecule has 0 spiro atoms. The van der Waals surface area contributed by atoms with Crippen LogP contribution in [0, 0.1) is 0 Å². The van der Waals surface area contributed by atoms with E-state index < -0.39 is 0 Å². The molecule has 2 rings (SSSR count). The summed E-state index contributed by atoms with van der Waals surface area (Å²) in [6, 6.07) is 17.7. The molecule has 0 amide bonds. The standard InChI is InChI=1S/C15H14N2.BrH/c1-2-8-13-9-6-7-12-15(13)17-16-14-10-4-3-5-11-14;/h2-7,9-12H,1,8H2;1H. The van der Waals surface area contributed by atoms with Crippen LogP contribution in [0.2, 0.25) is 0 Å². The average Bonchev–Trinajstić information content (AvgIpc) is 2.39. The Hall–Kier alpha value is -1.74. The highest BCUT2D eigenvalue weighted by Gasteiger charge is 1.97. The minimum atomic E-state index is 0. The van der Waals surface area contributed by atoms with Crippen molar-refractivity contribution in [1.29, 1.82) is 0 Å². The number of nitrogens with zero attached hydrogens (tertiary/aromatic N) is 2. The lowest BCUT2D eigenvalue weighted by Crippen LogP contribution is -1.80. The molecule has 0 unspecified atom stereocenters. The number of allylic oxidation sites excluding steroid dienone is 1. The second kappa shape index (κ2) is 7.56. The summed E-state index contributed by atoms with van der Waals surface area (Å²) < 4.78 is 0. The number of benzene rings is 2. The van der Waals surface area contributed by atoms with Crippen molar-refractivity contribution in [3.63, 3.8) is 0 Å². The van der Waals surface area contributed by atoms with Gasteiger partial charge in [-0.1, -0.05) is 42.5 Å². The molecule has 0 aromatic heterocycles. The van der Waals surface area contributed by atoms with Gasteiger partial charge in [-0.05, 0) is 30.2 Å². The zero-order chi connectivity index (χ0) is 11.9. The van der Waals surface area contributed by atoms with Crippen molar-refractivity contribution in [1.82, 2.24) is 0 Å². The number of hydrogen-bond donors (Lipinski definition) is 0. The van der Waals surface area contributed by atoms with E-state index >= 15 is 0 Å². The highest BCUT2D eigenvalue weighted by molar-refractivity contribution is 8.93. The van der Waals surface area contributed by atoms with Gasteiger partial charge >= 0.3 is 0 Å². The van der Waals surface area contributed by atoms with Gasteiger partial charge in [0.1, 0.15) is 0 Å². The largest absolute Gasteiger partial charge is 0.151 e. The predicted molar refractivity (Wildman–Crippen MR) is 81.3 cm³/mol. The Morgan fingerprint density at radius 2 is 1.56 bits per heavy atom.